The zero-order chi connectivity index (χ0) is 16.9. The molecule has 0 N–H and O–H groups in total. The third kappa shape index (κ3) is 7.83. The van der Waals surface area contributed by atoms with E-state index in [2.05, 4.69) is 0 Å². The SMILES string of the molecule is O=S(=O)([O-])c1cc(S(=O)(=O)[O-])c2cccc(S(=O)(=O)[O-])c2c1.[K+].[K+].[K+]. The topological polar surface area (TPSA) is 172 Å². The van der Waals surface area contributed by atoms with Crippen molar-refractivity contribution in [3.05, 3.63) is 30.3 Å². The second-order valence-electron chi connectivity index (χ2n) is 4.14. The standard InChI is InChI=1S/C10H8O9S3.3K/c11-20(12,13)6-4-8-7(10(5-6)22(17,18)19)2-1-3-9(8)21(14,15)16;;;/h1-5H,(H,11,12,13)(H,14,15,16)(H,17,18,19);;;/q;3*+1/p-3. The second-order valence-corrected chi connectivity index (χ2v) is 8.21. The first-order valence-electron chi connectivity index (χ1n) is 5.26. The second kappa shape index (κ2) is 11.1. The maximum absolute atomic E-state index is 11.2. The van der Waals surface area contributed by atoms with E-state index in [0.717, 1.165) is 18.2 Å². The van der Waals surface area contributed by atoms with Gasteiger partial charge < -0.3 is 13.7 Å². The average Bonchev–Trinajstić information content (AvgIpc) is 2.33. The number of hydrogen-bond acceptors (Lipinski definition) is 9. The number of rotatable bonds is 3. The van der Waals surface area contributed by atoms with E-state index in [9.17, 15) is 38.9 Å². The maximum atomic E-state index is 11.2. The van der Waals surface area contributed by atoms with Gasteiger partial charge in [0.2, 0.25) is 0 Å². The zero-order valence-electron chi connectivity index (χ0n) is 13.3. The molecule has 0 fully saturated rings. The molecule has 0 spiro atoms. The van der Waals surface area contributed by atoms with Crippen LogP contribution in [-0.2, 0) is 30.4 Å². The van der Waals surface area contributed by atoms with Crippen molar-refractivity contribution in [2.45, 2.75) is 14.7 Å². The van der Waals surface area contributed by atoms with E-state index in [-0.39, 0.29) is 154 Å². The molecule has 0 bridgehead atoms. The van der Waals surface area contributed by atoms with E-state index in [0.29, 0.717) is 12.1 Å². The third-order valence-electron chi connectivity index (χ3n) is 2.72. The van der Waals surface area contributed by atoms with E-state index in [1.807, 2.05) is 0 Å². The fourth-order valence-corrected chi connectivity index (χ4v) is 3.87. The summed E-state index contributed by atoms with van der Waals surface area (Å²) in [4.78, 5) is -3.18. The molecule has 0 radical (unpaired) electrons. The Morgan fingerprint density at radius 3 is 1.48 bits per heavy atom. The first kappa shape index (κ1) is 30.5. The summed E-state index contributed by atoms with van der Waals surface area (Å²) >= 11 is 0. The van der Waals surface area contributed by atoms with Gasteiger partial charge in [-0.25, -0.2) is 25.3 Å². The monoisotopic (exact) mass is 482 g/mol. The molecular formula is C10H5K3O9S3. The van der Waals surface area contributed by atoms with E-state index >= 15 is 0 Å². The predicted molar refractivity (Wildman–Crippen MR) is 67.8 cm³/mol. The molecule has 0 aliphatic heterocycles. The Labute approximate surface area is 272 Å². The van der Waals surface area contributed by atoms with Crippen LogP contribution in [-0.4, -0.2) is 38.9 Å². The summed E-state index contributed by atoms with van der Waals surface area (Å²) in [6.07, 6.45) is 0. The quantitative estimate of drug-likeness (QED) is 0.304. The Kier molecular flexibility index (Phi) is 13.6. The van der Waals surface area contributed by atoms with E-state index in [1.165, 1.54) is 0 Å². The summed E-state index contributed by atoms with van der Waals surface area (Å²) in [6, 6.07) is 3.68. The summed E-state index contributed by atoms with van der Waals surface area (Å²) in [5.41, 5.74) is 0. The van der Waals surface area contributed by atoms with Crippen LogP contribution < -0.4 is 154 Å². The molecule has 9 nitrogen and oxygen atoms in total. The van der Waals surface area contributed by atoms with Crippen LogP contribution in [0, 0.1) is 0 Å². The van der Waals surface area contributed by atoms with Crippen LogP contribution in [0.2, 0.25) is 0 Å². The van der Waals surface area contributed by atoms with Gasteiger partial charge in [0.25, 0.3) is 0 Å². The molecule has 2 aromatic rings. The molecule has 0 aliphatic carbocycles. The first-order valence-corrected chi connectivity index (χ1v) is 9.49. The van der Waals surface area contributed by atoms with Crippen LogP contribution in [0.1, 0.15) is 0 Å². The Balaban J connectivity index is 0. The van der Waals surface area contributed by atoms with Crippen LogP contribution in [0.25, 0.3) is 10.8 Å². The van der Waals surface area contributed by atoms with Gasteiger partial charge in [-0.05, 0) is 18.2 Å². The Morgan fingerprint density at radius 2 is 1.08 bits per heavy atom. The molecule has 0 aliphatic rings. The van der Waals surface area contributed by atoms with Gasteiger partial charge in [-0.1, -0.05) is 12.1 Å². The summed E-state index contributed by atoms with van der Waals surface area (Å²) in [5, 5.41) is -1.11. The van der Waals surface area contributed by atoms with Crippen LogP contribution >= 0.6 is 0 Å². The summed E-state index contributed by atoms with van der Waals surface area (Å²) in [6.45, 7) is 0. The van der Waals surface area contributed by atoms with Gasteiger partial charge in [-0.3, -0.25) is 0 Å². The van der Waals surface area contributed by atoms with Crippen molar-refractivity contribution in [2.24, 2.45) is 0 Å². The molecule has 0 heterocycles. The van der Waals surface area contributed by atoms with Gasteiger partial charge in [0.15, 0.2) is 0 Å². The molecule has 15 heteroatoms. The summed E-state index contributed by atoms with van der Waals surface area (Å²) < 4.78 is 100. The van der Waals surface area contributed by atoms with Gasteiger partial charge >= 0.3 is 154 Å². The molecule has 25 heavy (non-hydrogen) atoms. The molecule has 120 valence electrons. The molecule has 2 aromatic carbocycles. The average molecular weight is 483 g/mol. The summed E-state index contributed by atoms with van der Waals surface area (Å²) in [5.74, 6) is 0. The molecule has 0 saturated carbocycles. The number of fused-ring (bicyclic) bond motifs is 1. The molecule has 0 amide bonds. The molecule has 0 aromatic heterocycles. The number of benzene rings is 2. The van der Waals surface area contributed by atoms with Crippen LogP contribution in [0.5, 0.6) is 0 Å². The van der Waals surface area contributed by atoms with Crippen molar-refractivity contribution in [1.82, 2.24) is 0 Å². The van der Waals surface area contributed by atoms with Crippen LogP contribution in [0.3, 0.4) is 0 Å². The van der Waals surface area contributed by atoms with Crippen molar-refractivity contribution in [3.63, 3.8) is 0 Å². The molecule has 0 atom stereocenters. The van der Waals surface area contributed by atoms with Crippen molar-refractivity contribution in [1.29, 1.82) is 0 Å². The smallest absolute Gasteiger partial charge is 0.744 e. The third-order valence-corrected chi connectivity index (χ3v) is 5.30. The minimum absolute atomic E-state index is 0. The minimum Gasteiger partial charge on any atom is -0.744 e. The van der Waals surface area contributed by atoms with Gasteiger partial charge in [0.05, 0.1) is 14.7 Å². The predicted octanol–water partition coefficient (Wildman–Crippen LogP) is -9.44. The van der Waals surface area contributed by atoms with Crippen LogP contribution in [0.4, 0.5) is 0 Å². The van der Waals surface area contributed by atoms with Gasteiger partial charge in [-0.15, -0.1) is 0 Å². The zero-order valence-corrected chi connectivity index (χ0v) is 25.1. The maximum Gasteiger partial charge on any atom is 1.00 e. The van der Waals surface area contributed by atoms with Crippen molar-refractivity contribution >= 4 is 41.1 Å². The van der Waals surface area contributed by atoms with Gasteiger partial charge in [0, 0.05) is 10.8 Å². The van der Waals surface area contributed by atoms with E-state index in [1.54, 1.807) is 0 Å². The Morgan fingerprint density at radius 1 is 0.600 bits per heavy atom. The van der Waals surface area contributed by atoms with E-state index in [4.69, 9.17) is 0 Å². The molecule has 2 rings (SSSR count). The fraction of sp³-hybridized carbons (Fsp3) is 0. The van der Waals surface area contributed by atoms with Gasteiger partial charge in [-0.2, -0.15) is 0 Å². The van der Waals surface area contributed by atoms with Gasteiger partial charge in [0.1, 0.15) is 30.4 Å². The van der Waals surface area contributed by atoms with E-state index < -0.39 is 55.8 Å². The minimum atomic E-state index is -5.22. The first-order chi connectivity index (χ1) is 9.82. The Hall–Kier alpha value is 3.34. The Bertz CT molecular complexity index is 1090. The number of hydrogen-bond donors (Lipinski definition) is 0. The fourth-order valence-electron chi connectivity index (χ4n) is 1.87. The summed E-state index contributed by atoms with van der Waals surface area (Å²) in [7, 11) is -15.5. The largest absolute Gasteiger partial charge is 1.00 e. The molecule has 0 unspecified atom stereocenters. The molecular weight excluding hydrogens is 478 g/mol. The molecule has 0 saturated heterocycles. The van der Waals surface area contributed by atoms with Crippen LogP contribution in [0.15, 0.2) is 45.0 Å². The van der Waals surface area contributed by atoms with Crippen molar-refractivity contribution < 1.29 is 193 Å². The van der Waals surface area contributed by atoms with Crippen molar-refractivity contribution in [3.8, 4) is 0 Å². The normalized spacial score (nSPS) is 11.8. The van der Waals surface area contributed by atoms with Crippen molar-refractivity contribution in [2.75, 3.05) is 0 Å².